The van der Waals surface area contributed by atoms with Gasteiger partial charge in [0, 0.05) is 24.3 Å². The molecule has 2 rings (SSSR count). The molecule has 0 saturated carbocycles. The summed E-state index contributed by atoms with van der Waals surface area (Å²) in [7, 11) is 0. The molecule has 1 N–H and O–H groups in total. The molecule has 0 unspecified atom stereocenters. The van der Waals surface area contributed by atoms with Crippen molar-refractivity contribution in [2.45, 2.75) is 26.4 Å². The second kappa shape index (κ2) is 2.33. The number of hydrogen-bond acceptors (Lipinski definition) is 3. The molecule has 1 aliphatic heterocycles. The van der Waals surface area contributed by atoms with Gasteiger partial charge in [-0.25, -0.2) is 4.79 Å². The Morgan fingerprint density at radius 3 is 2.92 bits per heavy atom. The Labute approximate surface area is 70.2 Å². The minimum Gasteiger partial charge on any atom is -0.365 e. The van der Waals surface area contributed by atoms with E-state index in [2.05, 4.69) is 10.3 Å². The maximum absolute atomic E-state index is 11.3. The van der Waals surface area contributed by atoms with Gasteiger partial charge >= 0.3 is 5.69 Å². The third-order valence-corrected chi connectivity index (χ3v) is 2.03. The Balaban J connectivity index is 2.57. The first-order valence-electron chi connectivity index (χ1n) is 4.04. The lowest BCUT2D eigenvalue weighted by molar-refractivity contribution is 0.556. The largest absolute Gasteiger partial charge is 0.365 e. The van der Waals surface area contributed by atoms with Gasteiger partial charge in [-0.2, -0.15) is 4.98 Å². The topological polar surface area (TPSA) is 46.9 Å². The van der Waals surface area contributed by atoms with Crippen LogP contribution >= 0.6 is 0 Å². The fourth-order valence-electron chi connectivity index (χ4n) is 1.23. The lowest BCUT2D eigenvalue weighted by Crippen LogP contribution is -2.30. The molecule has 0 fully saturated rings. The number of nitrogens with zero attached hydrogens (tertiary/aromatic N) is 2. The van der Waals surface area contributed by atoms with Crippen molar-refractivity contribution in [2.75, 3.05) is 5.32 Å². The van der Waals surface area contributed by atoms with Crippen LogP contribution in [0.15, 0.2) is 11.0 Å². The Hall–Kier alpha value is -1.32. The zero-order chi connectivity index (χ0) is 8.72. The van der Waals surface area contributed by atoms with E-state index in [1.165, 1.54) is 0 Å². The standard InChI is InChI=1S/C8H11N3O/c1-5(2)11-4-6-3-9-7(6)10-8(11)12/h4-5H,3H2,1-2H3,(H,9,10,12). The van der Waals surface area contributed by atoms with E-state index >= 15 is 0 Å². The smallest absolute Gasteiger partial charge is 0.349 e. The van der Waals surface area contributed by atoms with Crippen LogP contribution in [-0.4, -0.2) is 9.55 Å². The summed E-state index contributed by atoms with van der Waals surface area (Å²) in [6.07, 6.45) is 1.88. The maximum atomic E-state index is 11.3. The van der Waals surface area contributed by atoms with Gasteiger partial charge < -0.3 is 5.32 Å². The maximum Gasteiger partial charge on any atom is 0.349 e. The van der Waals surface area contributed by atoms with Crippen molar-refractivity contribution in [3.63, 3.8) is 0 Å². The molecule has 0 spiro atoms. The van der Waals surface area contributed by atoms with Gasteiger partial charge in [-0.15, -0.1) is 0 Å². The molecular weight excluding hydrogens is 154 g/mol. The van der Waals surface area contributed by atoms with Crippen molar-refractivity contribution < 1.29 is 0 Å². The fourth-order valence-corrected chi connectivity index (χ4v) is 1.23. The second-order valence-corrected chi connectivity index (χ2v) is 3.25. The van der Waals surface area contributed by atoms with Crippen LogP contribution < -0.4 is 11.0 Å². The molecule has 0 aliphatic carbocycles. The lowest BCUT2D eigenvalue weighted by atomic mass is 10.2. The number of hydrogen-bond donors (Lipinski definition) is 1. The SMILES string of the molecule is CC(C)n1cc2c(nc1=O)NC2. The Morgan fingerprint density at radius 1 is 1.67 bits per heavy atom. The van der Waals surface area contributed by atoms with Crippen molar-refractivity contribution in [3.05, 3.63) is 22.2 Å². The molecule has 0 atom stereocenters. The molecule has 0 radical (unpaired) electrons. The van der Waals surface area contributed by atoms with Crippen molar-refractivity contribution in [1.82, 2.24) is 9.55 Å². The monoisotopic (exact) mass is 165 g/mol. The van der Waals surface area contributed by atoms with E-state index in [1.807, 2.05) is 20.0 Å². The Morgan fingerprint density at radius 2 is 2.42 bits per heavy atom. The van der Waals surface area contributed by atoms with Crippen molar-refractivity contribution in [1.29, 1.82) is 0 Å². The molecule has 0 amide bonds. The number of fused-ring (bicyclic) bond motifs is 1. The summed E-state index contributed by atoms with van der Waals surface area (Å²) in [5, 5.41) is 2.97. The van der Waals surface area contributed by atoms with Gasteiger partial charge in [-0.05, 0) is 13.8 Å². The van der Waals surface area contributed by atoms with Crippen LogP contribution in [0.2, 0.25) is 0 Å². The number of nitrogens with one attached hydrogen (secondary N) is 1. The van der Waals surface area contributed by atoms with Crippen LogP contribution in [0.4, 0.5) is 5.82 Å². The van der Waals surface area contributed by atoms with Gasteiger partial charge in [-0.1, -0.05) is 0 Å². The van der Waals surface area contributed by atoms with E-state index in [0.717, 1.165) is 17.9 Å². The zero-order valence-electron chi connectivity index (χ0n) is 7.16. The van der Waals surface area contributed by atoms with Crippen LogP contribution in [0.3, 0.4) is 0 Å². The summed E-state index contributed by atoms with van der Waals surface area (Å²) < 4.78 is 1.65. The predicted octanol–water partition coefficient (Wildman–Crippen LogP) is 0.750. The zero-order valence-corrected chi connectivity index (χ0v) is 7.16. The fraction of sp³-hybridized carbons (Fsp3) is 0.500. The summed E-state index contributed by atoms with van der Waals surface area (Å²) in [4.78, 5) is 15.2. The van der Waals surface area contributed by atoms with Crippen LogP contribution in [-0.2, 0) is 6.54 Å². The molecule has 0 saturated heterocycles. The van der Waals surface area contributed by atoms with E-state index in [1.54, 1.807) is 4.57 Å². The summed E-state index contributed by atoms with van der Waals surface area (Å²) >= 11 is 0. The molecule has 12 heavy (non-hydrogen) atoms. The summed E-state index contributed by atoms with van der Waals surface area (Å²) in [6.45, 7) is 4.78. The normalized spacial score (nSPS) is 13.6. The average molecular weight is 165 g/mol. The van der Waals surface area contributed by atoms with Gasteiger partial charge in [0.1, 0.15) is 5.82 Å². The first-order chi connectivity index (χ1) is 5.68. The summed E-state index contributed by atoms with van der Waals surface area (Å²) in [5.41, 5.74) is 0.958. The first kappa shape index (κ1) is 7.34. The van der Waals surface area contributed by atoms with E-state index in [9.17, 15) is 4.79 Å². The minimum atomic E-state index is -0.170. The van der Waals surface area contributed by atoms with Crippen molar-refractivity contribution in [2.24, 2.45) is 0 Å². The number of anilines is 1. The van der Waals surface area contributed by atoms with Gasteiger partial charge in [0.25, 0.3) is 0 Å². The van der Waals surface area contributed by atoms with Gasteiger partial charge in [0.05, 0.1) is 0 Å². The highest BCUT2D eigenvalue weighted by atomic mass is 16.1. The molecule has 0 bridgehead atoms. The van der Waals surface area contributed by atoms with E-state index in [-0.39, 0.29) is 11.7 Å². The van der Waals surface area contributed by atoms with Crippen molar-refractivity contribution >= 4 is 5.82 Å². The van der Waals surface area contributed by atoms with E-state index < -0.39 is 0 Å². The molecule has 64 valence electrons. The molecule has 2 heterocycles. The highest BCUT2D eigenvalue weighted by Crippen LogP contribution is 2.20. The van der Waals surface area contributed by atoms with Gasteiger partial charge in [-0.3, -0.25) is 4.57 Å². The van der Waals surface area contributed by atoms with Crippen molar-refractivity contribution in [3.8, 4) is 0 Å². The molecule has 4 nitrogen and oxygen atoms in total. The van der Waals surface area contributed by atoms with Crippen LogP contribution in [0.5, 0.6) is 0 Å². The van der Waals surface area contributed by atoms with E-state index in [0.29, 0.717) is 0 Å². The predicted molar refractivity (Wildman–Crippen MR) is 46.2 cm³/mol. The van der Waals surface area contributed by atoms with Crippen LogP contribution in [0.1, 0.15) is 25.5 Å². The molecular formula is C8H11N3O. The Kier molecular flexibility index (Phi) is 1.43. The molecule has 1 aromatic heterocycles. The molecule has 4 heteroatoms. The Bertz CT molecular complexity index is 367. The first-order valence-corrected chi connectivity index (χ1v) is 4.04. The highest BCUT2D eigenvalue weighted by Gasteiger charge is 2.16. The summed E-state index contributed by atoms with van der Waals surface area (Å²) in [6, 6.07) is 0.191. The molecule has 1 aromatic rings. The number of aromatic nitrogens is 2. The average Bonchev–Trinajstić information content (AvgIpc) is 1.96. The quantitative estimate of drug-likeness (QED) is 0.668. The van der Waals surface area contributed by atoms with Gasteiger partial charge in [0.2, 0.25) is 0 Å². The number of rotatable bonds is 1. The van der Waals surface area contributed by atoms with E-state index in [4.69, 9.17) is 0 Å². The minimum absolute atomic E-state index is 0.170. The van der Waals surface area contributed by atoms with Crippen LogP contribution in [0.25, 0.3) is 0 Å². The third-order valence-electron chi connectivity index (χ3n) is 2.03. The second-order valence-electron chi connectivity index (χ2n) is 3.25. The highest BCUT2D eigenvalue weighted by molar-refractivity contribution is 5.51. The molecule has 1 aliphatic rings. The third kappa shape index (κ3) is 0.913. The summed E-state index contributed by atoms with van der Waals surface area (Å²) in [5.74, 6) is 0.747. The van der Waals surface area contributed by atoms with Gasteiger partial charge in [0.15, 0.2) is 0 Å². The lowest BCUT2D eigenvalue weighted by Gasteiger charge is -2.21. The van der Waals surface area contributed by atoms with Crippen LogP contribution in [0, 0.1) is 0 Å². The molecule has 0 aromatic carbocycles.